The maximum atomic E-state index is 4.16. The Labute approximate surface area is 62.1 Å². The van der Waals surface area contributed by atoms with Crippen molar-refractivity contribution in [1.29, 1.82) is 0 Å². The first kappa shape index (κ1) is 7.45. The van der Waals surface area contributed by atoms with Gasteiger partial charge in [-0.2, -0.15) is 0 Å². The number of hydrogen-bond donors (Lipinski definition) is 0. The minimum Gasteiger partial charge on any atom is -0.273 e. The summed E-state index contributed by atoms with van der Waals surface area (Å²) in [5.74, 6) is 0. The zero-order valence-corrected chi connectivity index (χ0v) is 6.89. The highest BCUT2D eigenvalue weighted by Crippen LogP contribution is 2.22. The smallest absolute Gasteiger partial charge is 0.109 e. The molecule has 0 fully saturated rings. The van der Waals surface area contributed by atoms with Crippen molar-refractivity contribution in [2.75, 3.05) is 6.54 Å². The molecule has 0 atom stereocenters. The lowest BCUT2D eigenvalue weighted by atomic mass is 9.88. The molecule has 0 aromatic heterocycles. The normalized spacial score (nSPS) is 23.7. The second-order valence-corrected chi connectivity index (χ2v) is 3.66. The molecule has 0 amide bonds. The molecule has 0 bridgehead atoms. The van der Waals surface area contributed by atoms with Gasteiger partial charge in [-0.25, -0.2) is 4.99 Å². The Balaban J connectivity index is 2.72. The van der Waals surface area contributed by atoms with Crippen molar-refractivity contribution >= 4 is 12.1 Å². The van der Waals surface area contributed by atoms with E-state index in [0.717, 1.165) is 13.0 Å². The summed E-state index contributed by atoms with van der Waals surface area (Å²) in [7, 11) is 0. The fraction of sp³-hybridized carbons (Fsp3) is 0.750. The van der Waals surface area contributed by atoms with Gasteiger partial charge in [-0.3, -0.25) is 4.99 Å². The summed E-state index contributed by atoms with van der Waals surface area (Å²) in [6.07, 6.45) is 2.73. The maximum absolute atomic E-state index is 4.16. The Morgan fingerprint density at radius 3 is 2.90 bits per heavy atom. The van der Waals surface area contributed by atoms with Crippen LogP contribution in [0.25, 0.3) is 0 Å². The minimum absolute atomic E-state index is 0.306. The van der Waals surface area contributed by atoms with E-state index in [1.807, 2.05) is 0 Å². The van der Waals surface area contributed by atoms with Crippen molar-refractivity contribution in [2.45, 2.75) is 27.2 Å². The lowest BCUT2D eigenvalue weighted by molar-refractivity contribution is 0.400. The van der Waals surface area contributed by atoms with Crippen LogP contribution in [-0.2, 0) is 0 Å². The molecule has 0 spiro atoms. The van der Waals surface area contributed by atoms with E-state index in [1.165, 1.54) is 5.71 Å². The van der Waals surface area contributed by atoms with Crippen molar-refractivity contribution in [3.8, 4) is 0 Å². The average Bonchev–Trinajstić information content (AvgIpc) is 1.90. The molecule has 2 heteroatoms. The minimum atomic E-state index is 0.306. The molecule has 0 saturated carbocycles. The molecule has 1 aliphatic heterocycles. The number of nitrogens with zero attached hydrogens (tertiary/aromatic N) is 2. The highest BCUT2D eigenvalue weighted by molar-refractivity contribution is 5.89. The van der Waals surface area contributed by atoms with Gasteiger partial charge < -0.3 is 0 Å². The summed E-state index contributed by atoms with van der Waals surface area (Å²) in [6, 6.07) is 0. The van der Waals surface area contributed by atoms with Crippen LogP contribution in [0.2, 0.25) is 0 Å². The van der Waals surface area contributed by atoms with E-state index in [4.69, 9.17) is 0 Å². The molecule has 1 heterocycles. The van der Waals surface area contributed by atoms with Crippen LogP contribution in [0, 0.1) is 5.41 Å². The van der Waals surface area contributed by atoms with Gasteiger partial charge >= 0.3 is 0 Å². The predicted molar refractivity (Wildman–Crippen MR) is 44.9 cm³/mol. The molecule has 0 aromatic carbocycles. The number of hydrogen-bond acceptors (Lipinski definition) is 2. The van der Waals surface area contributed by atoms with Crippen LogP contribution in [0.5, 0.6) is 0 Å². The molecule has 0 aromatic rings. The molecule has 0 saturated heterocycles. The SMILES string of the molecule is CC1=NC=NCC(C)(C)C1. The molecule has 56 valence electrons. The molecule has 1 rings (SSSR count). The van der Waals surface area contributed by atoms with Crippen LogP contribution in [0.3, 0.4) is 0 Å². The van der Waals surface area contributed by atoms with Crippen molar-refractivity contribution in [1.82, 2.24) is 0 Å². The molecule has 10 heavy (non-hydrogen) atoms. The van der Waals surface area contributed by atoms with Crippen molar-refractivity contribution < 1.29 is 0 Å². The van der Waals surface area contributed by atoms with E-state index in [9.17, 15) is 0 Å². The molecule has 0 radical (unpaired) electrons. The number of rotatable bonds is 0. The van der Waals surface area contributed by atoms with E-state index in [1.54, 1.807) is 6.34 Å². The first-order chi connectivity index (χ1) is 4.60. The van der Waals surface area contributed by atoms with Crippen molar-refractivity contribution in [3.63, 3.8) is 0 Å². The second kappa shape index (κ2) is 2.52. The summed E-state index contributed by atoms with van der Waals surface area (Å²) in [5, 5.41) is 0. The highest BCUT2D eigenvalue weighted by Gasteiger charge is 2.19. The van der Waals surface area contributed by atoms with Gasteiger partial charge in [-0.15, -0.1) is 0 Å². The van der Waals surface area contributed by atoms with Gasteiger partial charge in [0.2, 0.25) is 0 Å². The number of aliphatic imine (C=N–C) groups is 2. The monoisotopic (exact) mass is 138 g/mol. The van der Waals surface area contributed by atoms with Crippen molar-refractivity contribution in [3.05, 3.63) is 0 Å². The summed E-state index contributed by atoms with van der Waals surface area (Å²) in [4.78, 5) is 8.31. The van der Waals surface area contributed by atoms with E-state index in [2.05, 4.69) is 30.8 Å². The third-order valence-electron chi connectivity index (χ3n) is 1.61. The average molecular weight is 138 g/mol. The van der Waals surface area contributed by atoms with Gasteiger partial charge in [-0.05, 0) is 18.8 Å². The molecule has 0 N–H and O–H groups in total. The van der Waals surface area contributed by atoms with Crippen LogP contribution < -0.4 is 0 Å². The standard InChI is InChI=1S/C8H14N2/c1-7-4-8(2,3)5-9-6-10-7/h6H,4-5H2,1-3H3. The molecule has 0 unspecified atom stereocenters. The molecular weight excluding hydrogens is 124 g/mol. The molecule has 0 aliphatic carbocycles. The van der Waals surface area contributed by atoms with Gasteiger partial charge in [-0.1, -0.05) is 13.8 Å². The Morgan fingerprint density at radius 1 is 1.50 bits per heavy atom. The Hall–Kier alpha value is -0.660. The van der Waals surface area contributed by atoms with E-state index >= 15 is 0 Å². The van der Waals surface area contributed by atoms with Crippen LogP contribution in [-0.4, -0.2) is 18.6 Å². The molecular formula is C8H14N2. The highest BCUT2D eigenvalue weighted by atomic mass is 14.9. The van der Waals surface area contributed by atoms with E-state index in [0.29, 0.717) is 5.41 Å². The lowest BCUT2D eigenvalue weighted by Gasteiger charge is -2.19. The van der Waals surface area contributed by atoms with Crippen LogP contribution >= 0.6 is 0 Å². The van der Waals surface area contributed by atoms with E-state index in [-0.39, 0.29) is 0 Å². The van der Waals surface area contributed by atoms with Gasteiger partial charge in [0.1, 0.15) is 6.34 Å². The third-order valence-corrected chi connectivity index (χ3v) is 1.61. The summed E-state index contributed by atoms with van der Waals surface area (Å²) < 4.78 is 0. The van der Waals surface area contributed by atoms with Crippen LogP contribution in [0.1, 0.15) is 27.2 Å². The fourth-order valence-electron chi connectivity index (χ4n) is 1.22. The molecule has 2 nitrogen and oxygen atoms in total. The third kappa shape index (κ3) is 1.94. The summed E-state index contributed by atoms with van der Waals surface area (Å²) in [5.41, 5.74) is 1.49. The fourth-order valence-corrected chi connectivity index (χ4v) is 1.22. The zero-order chi connectivity index (χ0) is 7.61. The first-order valence-corrected chi connectivity index (χ1v) is 3.62. The Morgan fingerprint density at radius 2 is 2.20 bits per heavy atom. The second-order valence-electron chi connectivity index (χ2n) is 3.66. The van der Waals surface area contributed by atoms with Gasteiger partial charge in [0, 0.05) is 12.3 Å². The maximum Gasteiger partial charge on any atom is 0.109 e. The predicted octanol–water partition coefficient (Wildman–Crippen LogP) is 1.91. The van der Waals surface area contributed by atoms with Gasteiger partial charge in [0.15, 0.2) is 0 Å². The lowest BCUT2D eigenvalue weighted by Crippen LogP contribution is -2.17. The Bertz CT molecular complexity index is 178. The van der Waals surface area contributed by atoms with Crippen LogP contribution in [0.15, 0.2) is 9.98 Å². The van der Waals surface area contributed by atoms with Gasteiger partial charge in [0.05, 0.1) is 0 Å². The zero-order valence-electron chi connectivity index (χ0n) is 6.89. The first-order valence-electron chi connectivity index (χ1n) is 3.62. The van der Waals surface area contributed by atoms with Gasteiger partial charge in [0.25, 0.3) is 0 Å². The molecule has 1 aliphatic rings. The topological polar surface area (TPSA) is 24.7 Å². The van der Waals surface area contributed by atoms with Crippen LogP contribution in [0.4, 0.5) is 0 Å². The van der Waals surface area contributed by atoms with E-state index < -0.39 is 0 Å². The summed E-state index contributed by atoms with van der Waals surface area (Å²) >= 11 is 0. The largest absolute Gasteiger partial charge is 0.273 e. The quantitative estimate of drug-likeness (QED) is 0.488. The Kier molecular flexibility index (Phi) is 1.88. The summed E-state index contributed by atoms with van der Waals surface area (Å²) in [6.45, 7) is 7.39. The van der Waals surface area contributed by atoms with Crippen molar-refractivity contribution in [2.24, 2.45) is 15.4 Å².